The maximum Gasteiger partial charge on any atom is 0.0177 e. The number of hydrogen-bond donors (Lipinski definition) is 0. The minimum Gasteiger partial charge on any atom is -0.0888 e. The van der Waals surface area contributed by atoms with Crippen LogP contribution in [0.3, 0.4) is 0 Å². The van der Waals surface area contributed by atoms with Gasteiger partial charge in [-0.1, -0.05) is 73.8 Å². The standard InChI is InChI=1S/C19H29Br/c1-4-5-15-8-11-19(20)18(12-15)13-16-6-9-17(10-7-16)14(2)3/h6-7,9-10,14-15,18-19H,4-5,8,11-13H2,1-3H3. The van der Waals surface area contributed by atoms with Crippen molar-refractivity contribution in [2.75, 3.05) is 0 Å². The van der Waals surface area contributed by atoms with E-state index in [1.165, 1.54) is 49.7 Å². The minimum atomic E-state index is 0.636. The van der Waals surface area contributed by atoms with Crippen molar-refractivity contribution >= 4 is 15.9 Å². The van der Waals surface area contributed by atoms with E-state index >= 15 is 0 Å². The minimum absolute atomic E-state index is 0.636. The van der Waals surface area contributed by atoms with Crippen molar-refractivity contribution in [3.8, 4) is 0 Å². The van der Waals surface area contributed by atoms with Crippen LogP contribution in [0.25, 0.3) is 0 Å². The van der Waals surface area contributed by atoms with E-state index in [0.29, 0.717) is 5.92 Å². The van der Waals surface area contributed by atoms with Gasteiger partial charge in [0.2, 0.25) is 0 Å². The van der Waals surface area contributed by atoms with E-state index in [4.69, 9.17) is 0 Å². The topological polar surface area (TPSA) is 0 Å². The Morgan fingerprint density at radius 3 is 2.45 bits per heavy atom. The van der Waals surface area contributed by atoms with Crippen LogP contribution in [-0.2, 0) is 6.42 Å². The van der Waals surface area contributed by atoms with Crippen LogP contribution >= 0.6 is 15.9 Å². The monoisotopic (exact) mass is 336 g/mol. The van der Waals surface area contributed by atoms with Gasteiger partial charge in [-0.2, -0.15) is 0 Å². The second kappa shape index (κ2) is 7.64. The van der Waals surface area contributed by atoms with Gasteiger partial charge in [-0.25, -0.2) is 0 Å². The van der Waals surface area contributed by atoms with Crippen molar-refractivity contribution in [3.63, 3.8) is 0 Å². The molecule has 1 aliphatic rings. The molecule has 3 unspecified atom stereocenters. The second-order valence-electron chi connectivity index (χ2n) is 6.84. The van der Waals surface area contributed by atoms with E-state index in [1.807, 2.05) is 0 Å². The Kier molecular flexibility index (Phi) is 6.14. The summed E-state index contributed by atoms with van der Waals surface area (Å²) in [4.78, 5) is 0.723. The quantitative estimate of drug-likeness (QED) is 0.551. The lowest BCUT2D eigenvalue weighted by atomic mass is 9.77. The highest BCUT2D eigenvalue weighted by molar-refractivity contribution is 9.09. The first-order valence-corrected chi connectivity index (χ1v) is 9.24. The van der Waals surface area contributed by atoms with E-state index in [1.54, 1.807) is 0 Å². The average molecular weight is 337 g/mol. The van der Waals surface area contributed by atoms with Crippen LogP contribution in [0.2, 0.25) is 0 Å². The highest BCUT2D eigenvalue weighted by atomic mass is 79.9. The van der Waals surface area contributed by atoms with Crippen LogP contribution < -0.4 is 0 Å². The van der Waals surface area contributed by atoms with Gasteiger partial charge < -0.3 is 0 Å². The summed E-state index contributed by atoms with van der Waals surface area (Å²) in [7, 11) is 0. The number of halogens is 1. The molecule has 1 fully saturated rings. The summed E-state index contributed by atoms with van der Waals surface area (Å²) in [5.41, 5.74) is 2.97. The normalized spacial score (nSPS) is 26.9. The van der Waals surface area contributed by atoms with Crippen LogP contribution in [0.1, 0.15) is 69.9 Å². The van der Waals surface area contributed by atoms with Gasteiger partial charge in [0.25, 0.3) is 0 Å². The molecule has 1 aromatic rings. The van der Waals surface area contributed by atoms with Gasteiger partial charge in [0.15, 0.2) is 0 Å². The van der Waals surface area contributed by atoms with Gasteiger partial charge in [-0.05, 0) is 54.6 Å². The summed E-state index contributed by atoms with van der Waals surface area (Å²) in [6, 6.07) is 9.32. The van der Waals surface area contributed by atoms with Crippen LogP contribution in [0, 0.1) is 11.8 Å². The average Bonchev–Trinajstić information content (AvgIpc) is 2.43. The zero-order valence-corrected chi connectivity index (χ0v) is 14.8. The van der Waals surface area contributed by atoms with E-state index in [0.717, 1.165) is 16.7 Å². The summed E-state index contributed by atoms with van der Waals surface area (Å²) < 4.78 is 0. The molecule has 0 aliphatic heterocycles. The summed E-state index contributed by atoms with van der Waals surface area (Å²) >= 11 is 3.93. The van der Waals surface area contributed by atoms with Gasteiger partial charge in [0.1, 0.15) is 0 Å². The Morgan fingerprint density at radius 1 is 1.15 bits per heavy atom. The fourth-order valence-corrected chi connectivity index (χ4v) is 4.21. The van der Waals surface area contributed by atoms with Crippen LogP contribution in [0.5, 0.6) is 0 Å². The Hall–Kier alpha value is -0.300. The molecule has 2 rings (SSSR count). The van der Waals surface area contributed by atoms with Gasteiger partial charge in [-0.3, -0.25) is 0 Å². The summed E-state index contributed by atoms with van der Waals surface area (Å²) in [6.07, 6.45) is 8.20. The first kappa shape index (κ1) is 16.1. The molecule has 0 heterocycles. The molecule has 3 atom stereocenters. The second-order valence-corrected chi connectivity index (χ2v) is 8.02. The lowest BCUT2D eigenvalue weighted by Crippen LogP contribution is -2.26. The molecule has 0 spiro atoms. The zero-order valence-electron chi connectivity index (χ0n) is 13.2. The van der Waals surface area contributed by atoms with Crippen molar-refractivity contribution in [1.82, 2.24) is 0 Å². The Labute approximate surface area is 133 Å². The van der Waals surface area contributed by atoms with Crippen LogP contribution in [0.4, 0.5) is 0 Å². The Bertz CT molecular complexity index is 393. The molecular formula is C19H29Br. The molecule has 1 saturated carbocycles. The summed E-state index contributed by atoms with van der Waals surface area (Å²) in [6.45, 7) is 6.85. The highest BCUT2D eigenvalue weighted by Gasteiger charge is 2.28. The third-order valence-electron chi connectivity index (χ3n) is 4.84. The fraction of sp³-hybridized carbons (Fsp3) is 0.684. The molecule has 1 aromatic carbocycles. The van der Waals surface area contributed by atoms with Crippen molar-refractivity contribution < 1.29 is 0 Å². The number of benzene rings is 1. The Morgan fingerprint density at radius 2 is 1.85 bits per heavy atom. The SMILES string of the molecule is CCCC1CCC(Br)C(Cc2ccc(C(C)C)cc2)C1. The van der Waals surface area contributed by atoms with E-state index < -0.39 is 0 Å². The molecule has 0 radical (unpaired) electrons. The lowest BCUT2D eigenvalue weighted by Gasteiger charge is -2.33. The third-order valence-corrected chi connectivity index (χ3v) is 6.04. The maximum atomic E-state index is 3.93. The molecule has 0 saturated heterocycles. The van der Waals surface area contributed by atoms with Gasteiger partial charge in [-0.15, -0.1) is 0 Å². The fourth-order valence-electron chi connectivity index (χ4n) is 3.55. The zero-order chi connectivity index (χ0) is 14.5. The van der Waals surface area contributed by atoms with Gasteiger partial charge in [0, 0.05) is 4.83 Å². The molecule has 0 aromatic heterocycles. The highest BCUT2D eigenvalue weighted by Crippen LogP contribution is 2.37. The molecule has 0 amide bonds. The lowest BCUT2D eigenvalue weighted by molar-refractivity contribution is 0.263. The first-order valence-electron chi connectivity index (χ1n) is 8.33. The molecule has 20 heavy (non-hydrogen) atoms. The van der Waals surface area contributed by atoms with Crippen molar-refractivity contribution in [3.05, 3.63) is 35.4 Å². The Balaban J connectivity index is 1.96. The first-order chi connectivity index (χ1) is 9.60. The van der Waals surface area contributed by atoms with Gasteiger partial charge in [0.05, 0.1) is 0 Å². The maximum absolute atomic E-state index is 3.93. The molecule has 112 valence electrons. The number of rotatable bonds is 5. The smallest absolute Gasteiger partial charge is 0.0177 e. The number of hydrogen-bond acceptors (Lipinski definition) is 0. The van der Waals surface area contributed by atoms with Crippen molar-refractivity contribution in [2.45, 2.75) is 70.0 Å². The predicted molar refractivity (Wildman–Crippen MR) is 92.7 cm³/mol. The molecule has 0 bridgehead atoms. The molecule has 1 heteroatoms. The largest absolute Gasteiger partial charge is 0.0888 e. The molecule has 1 aliphatic carbocycles. The third kappa shape index (κ3) is 4.35. The van der Waals surface area contributed by atoms with Crippen molar-refractivity contribution in [1.29, 1.82) is 0 Å². The van der Waals surface area contributed by atoms with E-state index in [2.05, 4.69) is 61.0 Å². The number of alkyl halides is 1. The summed E-state index contributed by atoms with van der Waals surface area (Å²) in [5, 5.41) is 0. The molecule has 0 nitrogen and oxygen atoms in total. The van der Waals surface area contributed by atoms with Crippen LogP contribution in [0.15, 0.2) is 24.3 Å². The molecular weight excluding hydrogens is 308 g/mol. The predicted octanol–water partition coefficient (Wildman–Crippen LogP) is 6.33. The molecule has 0 N–H and O–H groups in total. The van der Waals surface area contributed by atoms with Crippen molar-refractivity contribution in [2.24, 2.45) is 11.8 Å². The van der Waals surface area contributed by atoms with E-state index in [9.17, 15) is 0 Å². The van der Waals surface area contributed by atoms with Crippen LogP contribution in [-0.4, -0.2) is 4.83 Å². The van der Waals surface area contributed by atoms with Gasteiger partial charge >= 0.3 is 0 Å². The summed E-state index contributed by atoms with van der Waals surface area (Å²) in [5.74, 6) is 2.43. The van der Waals surface area contributed by atoms with E-state index in [-0.39, 0.29) is 0 Å².